The molecule has 3 aromatic rings. The second kappa shape index (κ2) is 13.1. The van der Waals surface area contributed by atoms with Crippen LogP contribution in [0.25, 0.3) is 5.48 Å². The molecule has 0 spiro atoms. The van der Waals surface area contributed by atoms with Crippen LogP contribution in [0.5, 0.6) is 23.0 Å². The van der Waals surface area contributed by atoms with E-state index in [0.29, 0.717) is 79.2 Å². The third kappa shape index (κ3) is 7.16. The molecule has 0 amide bonds. The van der Waals surface area contributed by atoms with Crippen LogP contribution >= 0.6 is 11.6 Å². The van der Waals surface area contributed by atoms with E-state index in [4.69, 9.17) is 30.6 Å². The average molecular weight is 616 g/mol. The van der Waals surface area contributed by atoms with Gasteiger partial charge in [0.1, 0.15) is 18.1 Å². The molecule has 0 saturated carbocycles. The van der Waals surface area contributed by atoms with Crippen molar-refractivity contribution in [2.75, 3.05) is 62.8 Å². The van der Waals surface area contributed by atoms with Gasteiger partial charge in [-0.25, -0.2) is 4.98 Å². The fourth-order valence-electron chi connectivity index (χ4n) is 4.71. The third-order valence-corrected chi connectivity index (χ3v) is 7.25. The minimum atomic E-state index is -4.54. The van der Waals surface area contributed by atoms with Gasteiger partial charge in [0.2, 0.25) is 5.75 Å². The normalized spacial score (nSPS) is 17.3. The number of pyridine rings is 1. The topological polar surface area (TPSA) is 82.4 Å². The summed E-state index contributed by atoms with van der Waals surface area (Å²) < 4.78 is 58.2. The first kappa shape index (κ1) is 30.5. The molecule has 3 aliphatic rings. The zero-order valence-corrected chi connectivity index (χ0v) is 26.2. The molecule has 1 N–H and O–H groups in total. The van der Waals surface area contributed by atoms with Crippen molar-refractivity contribution in [1.29, 1.82) is 0 Å². The van der Waals surface area contributed by atoms with Crippen LogP contribution in [-0.4, -0.2) is 68.5 Å². The van der Waals surface area contributed by atoms with E-state index >= 15 is 0 Å². The molecule has 0 aliphatic carbocycles. The van der Waals surface area contributed by atoms with E-state index in [-0.39, 0.29) is 62.9 Å². The van der Waals surface area contributed by atoms with Crippen molar-refractivity contribution in [3.05, 3.63) is 64.7 Å². The number of hydrogen-bond donors (Lipinski definition) is 1. The molecule has 2 aromatic carbocycles. The van der Waals surface area contributed by atoms with Crippen molar-refractivity contribution in [3.8, 4) is 23.0 Å². The summed E-state index contributed by atoms with van der Waals surface area (Å²) in [6.45, 7) is 5.19. The van der Waals surface area contributed by atoms with Gasteiger partial charge in [0.15, 0.2) is 11.6 Å². The Kier molecular flexibility index (Phi) is 9.76. The maximum atomic E-state index is 13.7. The van der Waals surface area contributed by atoms with Crippen LogP contribution in [0.4, 0.5) is 30.4 Å². The molecule has 41 heavy (non-hydrogen) atoms. The number of anilines is 2. The number of fused-ring (bicyclic) bond motifs is 1. The summed E-state index contributed by atoms with van der Waals surface area (Å²) in [4.78, 5) is 14.0. The fraction of sp³-hybridized carbons (Fsp3) is 0.370. The molecule has 14 heteroatoms. The number of aromatic nitrogens is 1. The average Bonchev–Trinajstić information content (AvgIpc) is 2.92. The number of hydrogen-bond acceptors (Lipinski definition) is 8. The number of halogens is 4. The second-order valence-electron chi connectivity index (χ2n) is 9.59. The molecule has 2 fully saturated rings. The minimum Gasteiger partial charge on any atom is -0.557 e. The molecular weight excluding hydrogens is 590 g/mol. The number of ether oxygens (including phenoxy) is 3. The SMILES string of the molecule is FC(F)(F)c1cc(O[N-]c2ccc(Cl)c(Oc3ccnc4c3OCCN4)c2)cc(N2CCN(C3COC3)CC2)c1.[K+]. The Bertz CT molecular complexity index is 1370. The van der Waals surface area contributed by atoms with Gasteiger partial charge in [0.25, 0.3) is 0 Å². The predicted octanol–water partition coefficient (Wildman–Crippen LogP) is 2.87. The number of nitrogens with one attached hydrogen (secondary N) is 1. The van der Waals surface area contributed by atoms with E-state index in [2.05, 4.69) is 20.7 Å². The first-order chi connectivity index (χ1) is 19.3. The number of nitrogens with zero attached hydrogens (tertiary/aromatic N) is 4. The van der Waals surface area contributed by atoms with E-state index in [1.54, 1.807) is 30.5 Å². The van der Waals surface area contributed by atoms with E-state index in [0.717, 1.165) is 25.2 Å². The first-order valence-corrected chi connectivity index (χ1v) is 13.2. The third-order valence-electron chi connectivity index (χ3n) is 6.94. The van der Waals surface area contributed by atoms with Crippen molar-refractivity contribution in [2.45, 2.75) is 12.2 Å². The molecule has 1 aromatic heterocycles. The van der Waals surface area contributed by atoms with Gasteiger partial charge in [0.05, 0.1) is 36.4 Å². The summed E-state index contributed by atoms with van der Waals surface area (Å²) in [5, 5.41) is 3.44. The summed E-state index contributed by atoms with van der Waals surface area (Å²) in [5.74, 6) is 1.67. The summed E-state index contributed by atoms with van der Waals surface area (Å²) in [5.41, 5.74) is 4.00. The van der Waals surface area contributed by atoms with Gasteiger partial charge in [-0.3, -0.25) is 4.90 Å². The van der Waals surface area contributed by atoms with Crippen LogP contribution in [0.1, 0.15) is 5.56 Å². The Labute approximate surface area is 282 Å². The van der Waals surface area contributed by atoms with Crippen LogP contribution in [-0.2, 0) is 10.9 Å². The molecule has 0 bridgehead atoms. The zero-order valence-electron chi connectivity index (χ0n) is 22.3. The Morgan fingerprint density at radius 2 is 1.83 bits per heavy atom. The number of piperazine rings is 1. The Morgan fingerprint density at radius 3 is 2.56 bits per heavy atom. The van der Waals surface area contributed by atoms with Gasteiger partial charge in [0, 0.05) is 50.2 Å². The summed E-state index contributed by atoms with van der Waals surface area (Å²) in [6.07, 6.45) is -2.96. The molecule has 2 saturated heterocycles. The zero-order chi connectivity index (χ0) is 27.7. The van der Waals surface area contributed by atoms with Crippen molar-refractivity contribution in [1.82, 2.24) is 9.88 Å². The van der Waals surface area contributed by atoms with Crippen LogP contribution in [0, 0.1) is 0 Å². The quantitative estimate of drug-likeness (QED) is 0.321. The van der Waals surface area contributed by atoms with E-state index in [1.807, 2.05) is 4.90 Å². The van der Waals surface area contributed by atoms with E-state index in [1.165, 1.54) is 6.07 Å². The van der Waals surface area contributed by atoms with Crippen LogP contribution < -0.4 is 75.9 Å². The van der Waals surface area contributed by atoms with Gasteiger partial charge in [-0.2, -0.15) is 13.2 Å². The van der Waals surface area contributed by atoms with E-state index < -0.39 is 11.7 Å². The standard InChI is InChI=1S/C27H26ClF3N5O4.K/c28-22-2-1-18(13-24(22)39-23-3-4-32-26-25(23)38-10-5-33-26)34-40-21-12-17(27(29,30)31)11-19(14-21)35-6-8-36(9-7-35)20-15-37-16-20;/h1-4,11-14,20H,5-10,15-16H2,(H,32,33);/q-1;+1. The first-order valence-electron chi connectivity index (χ1n) is 12.8. The maximum absolute atomic E-state index is 13.7. The monoisotopic (exact) mass is 615 g/mol. The Hall–Kier alpha value is -1.97. The molecule has 212 valence electrons. The van der Waals surface area contributed by atoms with Crippen LogP contribution in [0.3, 0.4) is 0 Å². The molecule has 3 aliphatic heterocycles. The Balaban J connectivity index is 0.00000337. The van der Waals surface area contributed by atoms with Crippen molar-refractivity contribution in [2.24, 2.45) is 0 Å². The van der Waals surface area contributed by atoms with Gasteiger partial charge >= 0.3 is 57.6 Å². The van der Waals surface area contributed by atoms with Gasteiger partial charge in [-0.1, -0.05) is 17.7 Å². The predicted molar refractivity (Wildman–Crippen MR) is 143 cm³/mol. The second-order valence-corrected chi connectivity index (χ2v) is 10.00. The molecular formula is C27H26ClF3KN5O4. The van der Waals surface area contributed by atoms with Gasteiger partial charge in [-0.15, -0.1) is 5.69 Å². The van der Waals surface area contributed by atoms with Crippen molar-refractivity contribution >= 4 is 28.8 Å². The van der Waals surface area contributed by atoms with E-state index in [9.17, 15) is 13.2 Å². The fourth-order valence-corrected chi connectivity index (χ4v) is 4.87. The van der Waals surface area contributed by atoms with Crippen molar-refractivity contribution < 1.29 is 83.6 Å². The van der Waals surface area contributed by atoms with Crippen LogP contribution in [0.2, 0.25) is 5.02 Å². The molecule has 9 nitrogen and oxygen atoms in total. The largest absolute Gasteiger partial charge is 1.00 e. The maximum Gasteiger partial charge on any atom is 1.00 e. The van der Waals surface area contributed by atoms with Crippen LogP contribution in [0.15, 0.2) is 48.7 Å². The summed E-state index contributed by atoms with van der Waals surface area (Å²) in [7, 11) is 0. The van der Waals surface area contributed by atoms with Crippen molar-refractivity contribution in [3.63, 3.8) is 0 Å². The Morgan fingerprint density at radius 1 is 1.02 bits per heavy atom. The number of alkyl halides is 3. The summed E-state index contributed by atoms with van der Waals surface area (Å²) in [6, 6.07) is 10.4. The molecule has 0 unspecified atom stereocenters. The smallest absolute Gasteiger partial charge is 0.557 e. The molecule has 0 atom stereocenters. The summed E-state index contributed by atoms with van der Waals surface area (Å²) >= 11 is 6.35. The van der Waals surface area contributed by atoms with Gasteiger partial charge in [-0.05, 0) is 24.3 Å². The number of rotatable bonds is 7. The molecule has 4 heterocycles. The minimum absolute atomic E-state index is 0. The molecule has 0 radical (unpaired) electrons. The molecule has 6 rings (SSSR count). The van der Waals surface area contributed by atoms with Gasteiger partial charge < -0.3 is 34.7 Å². The number of benzene rings is 2.